The van der Waals surface area contributed by atoms with Crippen molar-refractivity contribution in [2.45, 2.75) is 0 Å². The highest BCUT2D eigenvalue weighted by molar-refractivity contribution is 8.14. The zero-order valence-corrected chi connectivity index (χ0v) is 9.49. The Balaban J connectivity index is 2.54. The van der Waals surface area contributed by atoms with E-state index in [1.54, 1.807) is 0 Å². The van der Waals surface area contributed by atoms with E-state index in [1.807, 2.05) is 0 Å². The number of nitrogens with one attached hydrogen (secondary N) is 1. The van der Waals surface area contributed by atoms with Gasteiger partial charge in [-0.05, 0) is 24.3 Å². The summed E-state index contributed by atoms with van der Waals surface area (Å²) in [4.78, 5) is 32.3. The quantitative estimate of drug-likeness (QED) is 0.746. The number of nitrogens with two attached hydrogens (primary N) is 1. The molecule has 0 bridgehead atoms. The summed E-state index contributed by atoms with van der Waals surface area (Å²) in [5.41, 5.74) is 5.46. The maximum atomic E-state index is 11.3. The first-order valence-corrected chi connectivity index (χ1v) is 5.53. The molecular weight excluding hydrogens is 244 g/mol. The number of rotatable bonds is 4. The van der Waals surface area contributed by atoms with Crippen LogP contribution in [0.1, 0.15) is 10.4 Å². The van der Waals surface area contributed by atoms with E-state index in [1.165, 1.54) is 24.3 Å². The summed E-state index contributed by atoms with van der Waals surface area (Å²) in [5, 5.41) is 10.5. The molecule has 0 radical (unpaired) electrons. The minimum absolute atomic E-state index is 0.0734. The van der Waals surface area contributed by atoms with Crippen LogP contribution in [0.25, 0.3) is 0 Å². The molecule has 0 saturated carbocycles. The normalized spacial score (nSPS) is 9.65. The van der Waals surface area contributed by atoms with Crippen LogP contribution in [0.5, 0.6) is 0 Å². The highest BCUT2D eigenvalue weighted by Gasteiger charge is 2.06. The van der Waals surface area contributed by atoms with Crippen molar-refractivity contribution in [3.8, 4) is 0 Å². The minimum Gasteiger partial charge on any atom is -0.478 e. The van der Waals surface area contributed by atoms with Crippen molar-refractivity contribution in [2.75, 3.05) is 11.1 Å². The van der Waals surface area contributed by atoms with E-state index in [2.05, 4.69) is 5.32 Å². The second-order valence-corrected chi connectivity index (χ2v) is 4.02. The van der Waals surface area contributed by atoms with Gasteiger partial charge in [0.1, 0.15) is 0 Å². The molecule has 0 fully saturated rings. The van der Waals surface area contributed by atoms with Crippen molar-refractivity contribution in [2.24, 2.45) is 5.73 Å². The van der Waals surface area contributed by atoms with Crippen LogP contribution in [0.15, 0.2) is 24.3 Å². The minimum atomic E-state index is -1.04. The zero-order valence-electron chi connectivity index (χ0n) is 8.67. The number of anilines is 1. The summed E-state index contributed by atoms with van der Waals surface area (Å²) < 4.78 is 0. The Morgan fingerprint density at radius 1 is 1.24 bits per heavy atom. The van der Waals surface area contributed by atoms with Crippen molar-refractivity contribution in [1.82, 2.24) is 0 Å². The lowest BCUT2D eigenvalue weighted by atomic mass is 10.2. The summed E-state index contributed by atoms with van der Waals surface area (Å²) in [7, 11) is 0. The number of carbonyl (C=O) groups excluding carboxylic acids is 2. The zero-order chi connectivity index (χ0) is 12.8. The van der Waals surface area contributed by atoms with Crippen LogP contribution < -0.4 is 11.1 Å². The van der Waals surface area contributed by atoms with Gasteiger partial charge in [-0.15, -0.1) is 0 Å². The molecule has 0 aliphatic rings. The molecule has 2 amide bonds. The van der Waals surface area contributed by atoms with Crippen molar-refractivity contribution >= 4 is 34.6 Å². The monoisotopic (exact) mass is 254 g/mol. The molecule has 0 aliphatic carbocycles. The van der Waals surface area contributed by atoms with Gasteiger partial charge >= 0.3 is 5.97 Å². The number of carbonyl (C=O) groups is 3. The predicted octanol–water partition coefficient (Wildman–Crippen LogP) is 1.14. The third-order valence-electron chi connectivity index (χ3n) is 1.76. The molecule has 0 saturated heterocycles. The average molecular weight is 254 g/mol. The molecule has 6 nitrogen and oxygen atoms in total. The van der Waals surface area contributed by atoms with Crippen LogP contribution in [0.3, 0.4) is 0 Å². The second kappa shape index (κ2) is 5.90. The van der Waals surface area contributed by atoms with Gasteiger partial charge in [0, 0.05) is 5.69 Å². The van der Waals surface area contributed by atoms with E-state index in [0.29, 0.717) is 17.4 Å². The molecule has 1 aromatic carbocycles. The molecule has 1 rings (SSSR count). The molecular formula is C10H10N2O4S. The van der Waals surface area contributed by atoms with Crippen LogP contribution >= 0.6 is 11.8 Å². The molecule has 17 heavy (non-hydrogen) atoms. The van der Waals surface area contributed by atoms with Crippen molar-refractivity contribution < 1.29 is 19.5 Å². The number of hydrogen-bond acceptors (Lipinski definition) is 4. The van der Waals surface area contributed by atoms with E-state index in [9.17, 15) is 14.4 Å². The fourth-order valence-electron chi connectivity index (χ4n) is 1.03. The van der Waals surface area contributed by atoms with E-state index in [-0.39, 0.29) is 17.2 Å². The van der Waals surface area contributed by atoms with Gasteiger partial charge in [-0.1, -0.05) is 11.8 Å². The van der Waals surface area contributed by atoms with Gasteiger partial charge in [0.05, 0.1) is 11.3 Å². The summed E-state index contributed by atoms with van der Waals surface area (Å²) in [6.07, 6.45) is 0. The topological polar surface area (TPSA) is 109 Å². The number of primary amides is 1. The first-order valence-electron chi connectivity index (χ1n) is 4.54. The number of carboxylic acid groups (broad SMARTS) is 1. The molecule has 0 aromatic heterocycles. The third-order valence-corrected chi connectivity index (χ3v) is 2.45. The molecule has 7 heteroatoms. The Morgan fingerprint density at radius 2 is 1.82 bits per heavy atom. The summed E-state index contributed by atoms with van der Waals surface area (Å²) in [6.45, 7) is 0. The van der Waals surface area contributed by atoms with E-state index in [4.69, 9.17) is 10.8 Å². The fourth-order valence-corrected chi connectivity index (χ4v) is 1.38. The summed E-state index contributed by atoms with van der Waals surface area (Å²) >= 11 is 0.699. The van der Waals surface area contributed by atoms with Crippen molar-refractivity contribution in [1.29, 1.82) is 0 Å². The largest absolute Gasteiger partial charge is 0.478 e. The average Bonchev–Trinajstić information content (AvgIpc) is 2.27. The molecule has 0 atom stereocenters. The standard InChI is InChI=1S/C10H10N2O4S/c11-10(16)17-5-8(13)12-7-3-1-6(2-4-7)9(14)15/h1-4H,5H2,(H2,11,16)(H,12,13)(H,14,15). The smallest absolute Gasteiger partial charge is 0.335 e. The Morgan fingerprint density at radius 3 is 2.29 bits per heavy atom. The molecule has 0 aliphatic heterocycles. The van der Waals surface area contributed by atoms with Crippen LogP contribution in [-0.4, -0.2) is 28.0 Å². The van der Waals surface area contributed by atoms with Gasteiger partial charge in [0.25, 0.3) is 5.24 Å². The molecule has 0 spiro atoms. The predicted molar refractivity (Wildman–Crippen MR) is 64.1 cm³/mol. The van der Waals surface area contributed by atoms with Gasteiger partial charge in [-0.25, -0.2) is 4.79 Å². The fraction of sp³-hybridized carbons (Fsp3) is 0.100. The van der Waals surface area contributed by atoms with Gasteiger partial charge < -0.3 is 16.2 Å². The van der Waals surface area contributed by atoms with Crippen molar-refractivity contribution in [3.63, 3.8) is 0 Å². The van der Waals surface area contributed by atoms with Gasteiger partial charge in [0.15, 0.2) is 0 Å². The van der Waals surface area contributed by atoms with Gasteiger partial charge in [0.2, 0.25) is 5.91 Å². The van der Waals surface area contributed by atoms with Crippen LogP contribution in [0.4, 0.5) is 10.5 Å². The van der Waals surface area contributed by atoms with E-state index in [0.717, 1.165) is 0 Å². The first kappa shape index (κ1) is 13.0. The summed E-state index contributed by atoms with van der Waals surface area (Å²) in [6, 6.07) is 5.69. The molecule has 1 aromatic rings. The molecule has 0 heterocycles. The number of hydrogen-bond donors (Lipinski definition) is 3. The second-order valence-electron chi connectivity index (χ2n) is 3.04. The lowest BCUT2D eigenvalue weighted by Gasteiger charge is -2.04. The Hall–Kier alpha value is -2.02. The van der Waals surface area contributed by atoms with Gasteiger partial charge in [-0.2, -0.15) is 0 Å². The Kier molecular flexibility index (Phi) is 4.53. The van der Waals surface area contributed by atoms with Crippen LogP contribution in [-0.2, 0) is 4.79 Å². The van der Waals surface area contributed by atoms with Crippen LogP contribution in [0, 0.1) is 0 Å². The summed E-state index contributed by atoms with van der Waals surface area (Å²) in [5.74, 6) is -1.49. The lowest BCUT2D eigenvalue weighted by molar-refractivity contribution is -0.113. The number of benzene rings is 1. The number of thioether (sulfide) groups is 1. The van der Waals surface area contributed by atoms with E-state index < -0.39 is 11.2 Å². The maximum Gasteiger partial charge on any atom is 0.335 e. The third kappa shape index (κ3) is 4.56. The van der Waals surface area contributed by atoms with E-state index >= 15 is 0 Å². The molecule has 4 N–H and O–H groups in total. The maximum absolute atomic E-state index is 11.3. The highest BCUT2D eigenvalue weighted by atomic mass is 32.2. The lowest BCUT2D eigenvalue weighted by Crippen LogP contribution is -2.16. The van der Waals surface area contributed by atoms with Crippen LogP contribution in [0.2, 0.25) is 0 Å². The number of aromatic carboxylic acids is 1. The first-order chi connectivity index (χ1) is 7.99. The van der Waals surface area contributed by atoms with Gasteiger partial charge in [-0.3, -0.25) is 9.59 Å². The molecule has 90 valence electrons. The van der Waals surface area contributed by atoms with Crippen molar-refractivity contribution in [3.05, 3.63) is 29.8 Å². The highest BCUT2D eigenvalue weighted by Crippen LogP contribution is 2.10. The Bertz CT molecular complexity index is 444. The molecule has 0 unspecified atom stereocenters. The SMILES string of the molecule is NC(=O)SCC(=O)Nc1ccc(C(=O)O)cc1. The number of amides is 2. The number of carboxylic acids is 1. The Labute approximate surface area is 101 Å².